The molecule has 4 heteroatoms. The number of hydrogen-bond donors (Lipinski definition) is 0. The maximum atomic E-state index is 6.58. The van der Waals surface area contributed by atoms with Crippen molar-refractivity contribution in [1.82, 2.24) is 15.0 Å². The van der Waals surface area contributed by atoms with Crippen LogP contribution in [0.25, 0.3) is 67.2 Å². The summed E-state index contributed by atoms with van der Waals surface area (Å²) in [4.78, 5) is 15.9. The van der Waals surface area contributed by atoms with Crippen molar-refractivity contribution in [1.29, 1.82) is 0 Å². The highest BCUT2D eigenvalue weighted by molar-refractivity contribution is 6.00. The van der Waals surface area contributed by atoms with E-state index in [0.29, 0.717) is 17.5 Å². The van der Waals surface area contributed by atoms with Gasteiger partial charge in [0.05, 0.1) is 5.41 Å². The summed E-state index contributed by atoms with van der Waals surface area (Å²) < 4.78 is 6.58. The monoisotopic (exact) mass is 689 g/mol. The Balaban J connectivity index is 1.20. The van der Waals surface area contributed by atoms with Crippen LogP contribution in [0, 0.1) is 0 Å². The van der Waals surface area contributed by atoms with Gasteiger partial charge in [-0.15, -0.1) is 0 Å². The lowest BCUT2D eigenvalue weighted by Gasteiger charge is -2.39. The SMILES string of the molecule is c1ccc(-c2nc(-c3ccccc3-c3cccc4ccccc34)nc(-c3cccc4c3-c3ccccc3C43c4ccccc4Oc4ccccc43)n2)cc1. The number of para-hydroxylation sites is 2. The summed E-state index contributed by atoms with van der Waals surface area (Å²) in [6, 6.07) is 65.9. The van der Waals surface area contributed by atoms with E-state index in [1.807, 2.05) is 30.3 Å². The molecule has 252 valence electrons. The van der Waals surface area contributed by atoms with Gasteiger partial charge in [0.15, 0.2) is 17.5 Å². The summed E-state index contributed by atoms with van der Waals surface area (Å²) in [7, 11) is 0. The van der Waals surface area contributed by atoms with Crippen molar-refractivity contribution in [3.8, 4) is 67.9 Å². The minimum Gasteiger partial charge on any atom is -0.457 e. The lowest BCUT2D eigenvalue weighted by atomic mass is 9.66. The quantitative estimate of drug-likeness (QED) is 0.185. The molecular formula is C50H31N3O. The number of nitrogens with zero attached hydrogens (tertiary/aromatic N) is 3. The zero-order valence-corrected chi connectivity index (χ0v) is 29.1. The van der Waals surface area contributed by atoms with E-state index >= 15 is 0 Å². The molecule has 0 fully saturated rings. The van der Waals surface area contributed by atoms with Gasteiger partial charge in [0.25, 0.3) is 0 Å². The van der Waals surface area contributed by atoms with E-state index in [4.69, 9.17) is 19.7 Å². The summed E-state index contributed by atoms with van der Waals surface area (Å²) in [5.41, 5.74) is 11.4. The molecule has 1 aliphatic heterocycles. The van der Waals surface area contributed by atoms with Crippen LogP contribution in [0.2, 0.25) is 0 Å². The van der Waals surface area contributed by atoms with Crippen molar-refractivity contribution in [2.45, 2.75) is 5.41 Å². The Hall–Kier alpha value is -7.17. The van der Waals surface area contributed by atoms with Crippen LogP contribution in [0.3, 0.4) is 0 Å². The van der Waals surface area contributed by atoms with Crippen LogP contribution in [0.5, 0.6) is 11.5 Å². The summed E-state index contributed by atoms with van der Waals surface area (Å²) in [6.45, 7) is 0. The molecule has 2 heterocycles. The Morgan fingerprint density at radius 1 is 0.333 bits per heavy atom. The maximum Gasteiger partial charge on any atom is 0.164 e. The average molecular weight is 690 g/mol. The molecule has 1 aliphatic carbocycles. The van der Waals surface area contributed by atoms with Crippen molar-refractivity contribution >= 4 is 10.8 Å². The molecule has 0 N–H and O–H groups in total. The molecule has 8 aromatic carbocycles. The fraction of sp³-hybridized carbons (Fsp3) is 0.0200. The number of rotatable bonds is 4. The Morgan fingerprint density at radius 3 is 1.61 bits per heavy atom. The molecule has 0 bridgehead atoms. The molecule has 1 aromatic heterocycles. The molecule has 0 amide bonds. The predicted molar refractivity (Wildman–Crippen MR) is 216 cm³/mol. The van der Waals surface area contributed by atoms with Gasteiger partial charge >= 0.3 is 0 Å². The Bertz CT molecular complexity index is 2880. The third-order valence-electron chi connectivity index (χ3n) is 11.0. The van der Waals surface area contributed by atoms with Crippen molar-refractivity contribution in [3.05, 3.63) is 210 Å². The number of benzene rings is 8. The van der Waals surface area contributed by atoms with Gasteiger partial charge in [-0.2, -0.15) is 0 Å². The van der Waals surface area contributed by atoms with Crippen LogP contribution in [0.15, 0.2) is 188 Å². The van der Waals surface area contributed by atoms with E-state index in [0.717, 1.165) is 61.6 Å². The highest BCUT2D eigenvalue weighted by Crippen LogP contribution is 2.63. The third-order valence-corrected chi connectivity index (χ3v) is 11.0. The predicted octanol–water partition coefficient (Wildman–Crippen LogP) is 12.2. The average Bonchev–Trinajstić information content (AvgIpc) is 3.54. The summed E-state index contributed by atoms with van der Waals surface area (Å²) in [6.07, 6.45) is 0. The van der Waals surface area contributed by atoms with Gasteiger partial charge in [0.1, 0.15) is 11.5 Å². The highest BCUT2D eigenvalue weighted by Gasteiger charge is 2.51. The first-order valence-corrected chi connectivity index (χ1v) is 18.3. The van der Waals surface area contributed by atoms with Crippen LogP contribution in [-0.2, 0) is 5.41 Å². The van der Waals surface area contributed by atoms with Crippen molar-refractivity contribution in [3.63, 3.8) is 0 Å². The van der Waals surface area contributed by atoms with Crippen LogP contribution in [0.4, 0.5) is 0 Å². The molecule has 2 aliphatic rings. The van der Waals surface area contributed by atoms with Crippen LogP contribution < -0.4 is 4.74 Å². The summed E-state index contributed by atoms with van der Waals surface area (Å²) in [5, 5.41) is 2.37. The Morgan fingerprint density at radius 2 is 0.833 bits per heavy atom. The second-order valence-electron chi connectivity index (χ2n) is 13.9. The first-order valence-electron chi connectivity index (χ1n) is 18.3. The van der Waals surface area contributed by atoms with E-state index in [-0.39, 0.29) is 0 Å². The second kappa shape index (κ2) is 11.9. The Kier molecular flexibility index (Phi) is 6.73. The largest absolute Gasteiger partial charge is 0.457 e. The highest BCUT2D eigenvalue weighted by atomic mass is 16.5. The van der Waals surface area contributed by atoms with Crippen LogP contribution >= 0.6 is 0 Å². The van der Waals surface area contributed by atoms with E-state index in [1.165, 1.54) is 21.9 Å². The van der Waals surface area contributed by atoms with Crippen LogP contribution in [0.1, 0.15) is 22.3 Å². The minimum atomic E-state index is -0.591. The topological polar surface area (TPSA) is 47.9 Å². The standard InChI is InChI=1S/C50H31N3O/c1-2-17-33(18-3-1)47-51-48(37-22-7-6-21-36(37)35-24-14-19-32-16-4-5-20-34(32)35)53-49(52-47)39-25-15-29-43-46(39)38-23-8-9-26-40(38)50(43)41-27-10-12-30-44(41)54-45-31-13-11-28-42(45)50/h1-31H. The number of hydrogen-bond acceptors (Lipinski definition) is 4. The molecule has 0 saturated heterocycles. The molecule has 9 aromatic rings. The van der Waals surface area contributed by atoms with Gasteiger partial charge in [-0.1, -0.05) is 176 Å². The van der Waals surface area contributed by atoms with E-state index < -0.39 is 5.41 Å². The molecule has 54 heavy (non-hydrogen) atoms. The third kappa shape index (κ3) is 4.40. The zero-order valence-electron chi connectivity index (χ0n) is 29.1. The van der Waals surface area contributed by atoms with Gasteiger partial charge in [-0.05, 0) is 56.3 Å². The molecular weight excluding hydrogens is 659 g/mol. The zero-order chi connectivity index (χ0) is 35.6. The lowest BCUT2D eigenvalue weighted by Crippen LogP contribution is -2.32. The first-order chi connectivity index (χ1) is 26.8. The fourth-order valence-corrected chi connectivity index (χ4v) is 8.80. The van der Waals surface area contributed by atoms with E-state index in [1.54, 1.807) is 0 Å². The molecule has 11 rings (SSSR count). The fourth-order valence-electron chi connectivity index (χ4n) is 8.80. The molecule has 1 spiro atoms. The molecule has 4 nitrogen and oxygen atoms in total. The van der Waals surface area contributed by atoms with Gasteiger partial charge in [0.2, 0.25) is 0 Å². The van der Waals surface area contributed by atoms with Gasteiger partial charge in [0, 0.05) is 27.8 Å². The number of ether oxygens (including phenoxy) is 1. The number of aromatic nitrogens is 3. The van der Waals surface area contributed by atoms with Crippen molar-refractivity contribution < 1.29 is 4.74 Å². The summed E-state index contributed by atoms with van der Waals surface area (Å²) in [5.74, 6) is 3.61. The second-order valence-corrected chi connectivity index (χ2v) is 13.9. The maximum absolute atomic E-state index is 6.58. The lowest BCUT2D eigenvalue weighted by molar-refractivity contribution is 0.436. The van der Waals surface area contributed by atoms with Gasteiger partial charge in [-0.25, -0.2) is 15.0 Å². The smallest absolute Gasteiger partial charge is 0.164 e. The molecule has 0 saturated carbocycles. The van der Waals surface area contributed by atoms with Gasteiger partial charge < -0.3 is 4.74 Å². The van der Waals surface area contributed by atoms with Crippen molar-refractivity contribution in [2.75, 3.05) is 0 Å². The molecule has 0 unspecified atom stereocenters. The van der Waals surface area contributed by atoms with Crippen LogP contribution in [-0.4, -0.2) is 15.0 Å². The molecule has 0 radical (unpaired) electrons. The first kappa shape index (κ1) is 30.5. The van der Waals surface area contributed by atoms with Crippen molar-refractivity contribution in [2.24, 2.45) is 0 Å². The Labute approximate surface area is 313 Å². The van der Waals surface area contributed by atoms with Gasteiger partial charge in [-0.3, -0.25) is 0 Å². The van der Waals surface area contributed by atoms with E-state index in [2.05, 4.69) is 158 Å². The van der Waals surface area contributed by atoms with E-state index in [9.17, 15) is 0 Å². The molecule has 0 atom stereocenters. The summed E-state index contributed by atoms with van der Waals surface area (Å²) >= 11 is 0. The number of fused-ring (bicyclic) bond motifs is 10. The normalized spacial score (nSPS) is 13.1. The minimum absolute atomic E-state index is 0.591.